The molecule has 2 aliphatic heterocycles. The molecule has 27 heavy (non-hydrogen) atoms. The number of amides is 2. The number of hydrogen-bond donors (Lipinski definition) is 0. The predicted octanol–water partition coefficient (Wildman–Crippen LogP) is 1.42. The van der Waals surface area contributed by atoms with Gasteiger partial charge < -0.3 is 14.7 Å². The lowest BCUT2D eigenvalue weighted by molar-refractivity contribution is -0.135. The van der Waals surface area contributed by atoms with E-state index in [2.05, 4.69) is 19.8 Å². The van der Waals surface area contributed by atoms with Gasteiger partial charge in [-0.15, -0.1) is 0 Å². The molecule has 0 bridgehead atoms. The number of carbonyl (C=O) groups is 2. The number of nitrogens with zero attached hydrogens (tertiary/aromatic N) is 5. The summed E-state index contributed by atoms with van der Waals surface area (Å²) >= 11 is 0. The molecule has 1 saturated carbocycles. The Kier molecular flexibility index (Phi) is 5.66. The van der Waals surface area contributed by atoms with E-state index in [-0.39, 0.29) is 17.9 Å². The van der Waals surface area contributed by atoms with Gasteiger partial charge in [0.15, 0.2) is 0 Å². The number of aromatic nitrogens is 2. The van der Waals surface area contributed by atoms with Crippen LogP contribution in [0.2, 0.25) is 0 Å². The van der Waals surface area contributed by atoms with Crippen LogP contribution in [0.1, 0.15) is 49.0 Å². The molecule has 3 fully saturated rings. The fraction of sp³-hybridized carbons (Fsp3) is 0.700. The normalized spacial score (nSPS) is 23.4. The number of carbonyl (C=O) groups excluding carboxylic acids is 2. The smallest absolute Gasteiger partial charge is 0.272 e. The number of piperidine rings is 1. The molecule has 2 amide bonds. The van der Waals surface area contributed by atoms with Gasteiger partial charge in [-0.25, -0.2) is 9.97 Å². The minimum absolute atomic E-state index is 0.0604. The fourth-order valence-corrected chi connectivity index (χ4v) is 4.23. The highest BCUT2D eigenvalue weighted by Crippen LogP contribution is 2.33. The molecule has 1 unspecified atom stereocenters. The second-order valence-corrected chi connectivity index (χ2v) is 8.00. The molecule has 146 valence electrons. The number of likely N-dealkylation sites (tertiary alicyclic amines) is 2. The average Bonchev–Trinajstić information content (AvgIpc) is 3.47. The van der Waals surface area contributed by atoms with Crippen LogP contribution in [0, 0.1) is 5.92 Å². The molecule has 7 heteroatoms. The first kappa shape index (κ1) is 18.3. The van der Waals surface area contributed by atoms with Crippen molar-refractivity contribution >= 4 is 11.8 Å². The van der Waals surface area contributed by atoms with Crippen molar-refractivity contribution in [1.82, 2.24) is 24.7 Å². The van der Waals surface area contributed by atoms with E-state index in [4.69, 9.17) is 0 Å². The molecule has 7 nitrogen and oxygen atoms in total. The van der Waals surface area contributed by atoms with Crippen LogP contribution in [0.25, 0.3) is 0 Å². The van der Waals surface area contributed by atoms with Gasteiger partial charge in [-0.1, -0.05) is 6.42 Å². The zero-order chi connectivity index (χ0) is 18.6. The highest BCUT2D eigenvalue weighted by atomic mass is 16.2. The largest absolute Gasteiger partial charge is 0.336 e. The van der Waals surface area contributed by atoms with Crippen molar-refractivity contribution in [2.45, 2.75) is 44.6 Å². The summed E-state index contributed by atoms with van der Waals surface area (Å²) in [5, 5.41) is 0. The van der Waals surface area contributed by atoms with Crippen LogP contribution in [0.5, 0.6) is 0 Å². The number of hydrogen-bond acceptors (Lipinski definition) is 5. The first-order valence-corrected chi connectivity index (χ1v) is 10.3. The molecule has 1 aliphatic carbocycles. The Balaban J connectivity index is 1.38. The quantitative estimate of drug-likeness (QED) is 0.756. The monoisotopic (exact) mass is 371 g/mol. The van der Waals surface area contributed by atoms with Crippen molar-refractivity contribution in [3.8, 4) is 0 Å². The zero-order valence-electron chi connectivity index (χ0n) is 15.9. The zero-order valence-corrected chi connectivity index (χ0v) is 15.9. The van der Waals surface area contributed by atoms with E-state index < -0.39 is 0 Å². The molecule has 0 radical (unpaired) electrons. The Morgan fingerprint density at radius 2 is 1.93 bits per heavy atom. The summed E-state index contributed by atoms with van der Waals surface area (Å²) in [5.41, 5.74) is 0.430. The molecular weight excluding hydrogens is 342 g/mol. The minimum atomic E-state index is -0.0604. The Hall–Kier alpha value is -2.02. The Morgan fingerprint density at radius 3 is 2.63 bits per heavy atom. The van der Waals surface area contributed by atoms with E-state index in [1.54, 1.807) is 12.3 Å². The summed E-state index contributed by atoms with van der Waals surface area (Å²) < 4.78 is 0. The lowest BCUT2D eigenvalue weighted by Gasteiger charge is -2.33. The maximum atomic E-state index is 12.9. The van der Waals surface area contributed by atoms with E-state index in [0.717, 1.165) is 45.4 Å². The fourth-order valence-electron chi connectivity index (χ4n) is 4.23. The van der Waals surface area contributed by atoms with Gasteiger partial charge in [0.1, 0.15) is 12.0 Å². The SMILES string of the molecule is O=C(c1ccncn1)N1CCC(N(CCN2CCCCC2)C(=O)C2CC2)C1. The number of rotatable bonds is 6. The summed E-state index contributed by atoms with van der Waals surface area (Å²) in [4.78, 5) is 39.9. The van der Waals surface area contributed by atoms with E-state index in [0.29, 0.717) is 24.7 Å². The topological polar surface area (TPSA) is 69.6 Å². The van der Waals surface area contributed by atoms with E-state index in [1.807, 2.05) is 4.90 Å². The van der Waals surface area contributed by atoms with Crippen LogP contribution in [0.4, 0.5) is 0 Å². The van der Waals surface area contributed by atoms with E-state index in [1.165, 1.54) is 25.6 Å². The summed E-state index contributed by atoms with van der Waals surface area (Å²) in [5.74, 6) is 0.459. The molecular formula is C20H29N5O2. The van der Waals surface area contributed by atoms with Crippen molar-refractivity contribution in [3.63, 3.8) is 0 Å². The molecule has 3 heterocycles. The molecule has 0 spiro atoms. The van der Waals surface area contributed by atoms with E-state index in [9.17, 15) is 9.59 Å². The molecule has 0 aromatic carbocycles. The first-order valence-electron chi connectivity index (χ1n) is 10.3. The van der Waals surface area contributed by atoms with Crippen molar-refractivity contribution in [2.75, 3.05) is 39.3 Å². The van der Waals surface area contributed by atoms with Crippen LogP contribution < -0.4 is 0 Å². The highest BCUT2D eigenvalue weighted by molar-refractivity contribution is 5.92. The maximum absolute atomic E-state index is 12.9. The Labute approximate surface area is 160 Å². The van der Waals surface area contributed by atoms with Crippen molar-refractivity contribution in [3.05, 3.63) is 24.3 Å². The average molecular weight is 371 g/mol. The first-order chi connectivity index (χ1) is 13.2. The van der Waals surface area contributed by atoms with Gasteiger partial charge in [0.25, 0.3) is 5.91 Å². The van der Waals surface area contributed by atoms with Crippen LogP contribution in [-0.4, -0.2) is 81.8 Å². The summed E-state index contributed by atoms with van der Waals surface area (Å²) in [6.45, 7) is 5.33. The van der Waals surface area contributed by atoms with Crippen LogP contribution in [0.15, 0.2) is 18.6 Å². The van der Waals surface area contributed by atoms with Crippen molar-refractivity contribution < 1.29 is 9.59 Å². The molecule has 1 aromatic heterocycles. The second kappa shape index (κ2) is 8.33. The third-order valence-corrected chi connectivity index (χ3v) is 6.01. The standard InChI is InChI=1S/C20H29N5O2/c26-19(16-4-5-16)25(13-12-23-9-2-1-3-10-23)17-7-11-24(14-17)20(27)18-6-8-21-15-22-18/h6,8,15-17H,1-5,7,9-14H2. The van der Waals surface area contributed by atoms with Crippen molar-refractivity contribution in [1.29, 1.82) is 0 Å². The third kappa shape index (κ3) is 4.46. The second-order valence-electron chi connectivity index (χ2n) is 8.00. The Bertz CT molecular complexity index is 658. The van der Waals surface area contributed by atoms with Crippen LogP contribution >= 0.6 is 0 Å². The molecule has 0 N–H and O–H groups in total. The van der Waals surface area contributed by atoms with Gasteiger partial charge in [-0.05, 0) is 51.3 Å². The molecule has 1 aromatic rings. The van der Waals surface area contributed by atoms with Crippen LogP contribution in [0.3, 0.4) is 0 Å². The molecule has 2 saturated heterocycles. The van der Waals surface area contributed by atoms with Gasteiger partial charge in [0.05, 0.1) is 6.04 Å². The predicted molar refractivity (Wildman–Crippen MR) is 101 cm³/mol. The summed E-state index contributed by atoms with van der Waals surface area (Å²) in [7, 11) is 0. The van der Waals surface area contributed by atoms with Crippen LogP contribution in [-0.2, 0) is 4.79 Å². The molecule has 1 atom stereocenters. The van der Waals surface area contributed by atoms with Gasteiger partial charge in [-0.3, -0.25) is 9.59 Å². The summed E-state index contributed by atoms with van der Waals surface area (Å²) in [6, 6.07) is 1.78. The van der Waals surface area contributed by atoms with Gasteiger partial charge in [0.2, 0.25) is 5.91 Å². The highest BCUT2D eigenvalue weighted by Gasteiger charge is 2.39. The third-order valence-electron chi connectivity index (χ3n) is 6.01. The Morgan fingerprint density at radius 1 is 1.11 bits per heavy atom. The van der Waals surface area contributed by atoms with E-state index >= 15 is 0 Å². The maximum Gasteiger partial charge on any atom is 0.272 e. The summed E-state index contributed by atoms with van der Waals surface area (Å²) in [6.07, 6.45) is 9.75. The molecule has 3 aliphatic rings. The molecule has 4 rings (SSSR count). The van der Waals surface area contributed by atoms with Gasteiger partial charge in [0, 0.05) is 38.3 Å². The minimum Gasteiger partial charge on any atom is -0.336 e. The lowest BCUT2D eigenvalue weighted by atomic mass is 10.1. The lowest BCUT2D eigenvalue weighted by Crippen LogP contribution is -2.47. The van der Waals surface area contributed by atoms with Crippen molar-refractivity contribution in [2.24, 2.45) is 5.92 Å². The van der Waals surface area contributed by atoms with Gasteiger partial charge in [-0.2, -0.15) is 0 Å². The van der Waals surface area contributed by atoms with Gasteiger partial charge >= 0.3 is 0 Å².